The summed E-state index contributed by atoms with van der Waals surface area (Å²) < 4.78 is 0. The van der Waals surface area contributed by atoms with E-state index in [2.05, 4.69) is 15.9 Å². The van der Waals surface area contributed by atoms with Gasteiger partial charge in [0.1, 0.15) is 0 Å². The highest BCUT2D eigenvalue weighted by Crippen LogP contribution is 2.28. The van der Waals surface area contributed by atoms with Crippen molar-refractivity contribution in [3.63, 3.8) is 0 Å². The molecular weight excluding hydrogens is 368 g/mol. The number of alkyl halides is 1. The largest absolute Gasteiger partial charge is 0.504 e. The van der Waals surface area contributed by atoms with Crippen LogP contribution in [0.15, 0.2) is 35.6 Å². The Labute approximate surface area is 152 Å². The van der Waals surface area contributed by atoms with Crippen molar-refractivity contribution >= 4 is 27.5 Å². The number of rotatable bonds is 10. The number of hydrogen-bond donors (Lipinski definition) is 1. The first-order valence-electron chi connectivity index (χ1n) is 8.83. The van der Waals surface area contributed by atoms with Crippen LogP contribution in [-0.4, -0.2) is 22.0 Å². The van der Waals surface area contributed by atoms with Crippen molar-refractivity contribution < 1.29 is 14.7 Å². The number of halogens is 1. The van der Waals surface area contributed by atoms with Crippen LogP contribution in [0.3, 0.4) is 0 Å². The molecule has 0 amide bonds. The fourth-order valence-electron chi connectivity index (χ4n) is 3.10. The fraction of sp³-hybridized carbons (Fsp3) is 0.500. The van der Waals surface area contributed by atoms with E-state index in [0.717, 1.165) is 24.6 Å². The Morgan fingerprint density at radius 1 is 0.750 bits per heavy atom. The molecule has 0 atom stereocenters. The van der Waals surface area contributed by atoms with E-state index in [-0.39, 0.29) is 17.1 Å². The minimum absolute atomic E-state index is 0.197. The van der Waals surface area contributed by atoms with Gasteiger partial charge >= 0.3 is 0 Å². The Hall–Kier alpha value is -1.42. The predicted molar refractivity (Wildman–Crippen MR) is 100 cm³/mol. The van der Waals surface area contributed by atoms with E-state index in [1.165, 1.54) is 32.1 Å². The van der Waals surface area contributed by atoms with Gasteiger partial charge in [0, 0.05) is 22.0 Å². The summed E-state index contributed by atoms with van der Waals surface area (Å²) in [5.41, 5.74) is 1.02. The maximum Gasteiger partial charge on any atom is 0.228 e. The molecule has 0 unspecified atom stereocenters. The number of allylic oxidation sites excluding steroid dienone is 2. The molecule has 24 heavy (non-hydrogen) atoms. The van der Waals surface area contributed by atoms with Crippen molar-refractivity contribution in [1.82, 2.24) is 0 Å². The summed E-state index contributed by atoms with van der Waals surface area (Å²) in [6.07, 6.45) is 9.75. The number of benzene rings is 1. The normalized spacial score (nSPS) is 14.2. The monoisotopic (exact) mass is 392 g/mol. The Morgan fingerprint density at radius 3 is 1.83 bits per heavy atom. The number of carbonyl (C=O) groups is 2. The van der Waals surface area contributed by atoms with Crippen molar-refractivity contribution in [2.45, 2.75) is 57.8 Å². The van der Waals surface area contributed by atoms with E-state index in [0.29, 0.717) is 17.5 Å². The summed E-state index contributed by atoms with van der Waals surface area (Å²) in [6, 6.07) is 6.72. The average Bonchev–Trinajstić information content (AvgIpc) is 2.61. The molecule has 0 saturated carbocycles. The first kappa shape index (κ1) is 18.9. The number of aliphatic hydroxyl groups is 1. The van der Waals surface area contributed by atoms with Crippen LogP contribution in [0.2, 0.25) is 0 Å². The third-order valence-corrected chi connectivity index (χ3v) is 5.06. The third kappa shape index (κ3) is 4.79. The molecule has 0 aliphatic heterocycles. The van der Waals surface area contributed by atoms with Gasteiger partial charge in [-0.3, -0.25) is 9.59 Å². The number of carbonyl (C=O) groups excluding carboxylic acids is 2. The van der Waals surface area contributed by atoms with E-state index in [4.69, 9.17) is 0 Å². The van der Waals surface area contributed by atoms with Crippen molar-refractivity contribution in [1.29, 1.82) is 0 Å². The Kier molecular flexibility index (Phi) is 7.70. The molecule has 1 aromatic carbocycles. The van der Waals surface area contributed by atoms with Crippen LogP contribution in [0.4, 0.5) is 0 Å². The minimum atomic E-state index is -0.424. The van der Waals surface area contributed by atoms with Crippen LogP contribution >= 0.6 is 15.9 Å². The van der Waals surface area contributed by atoms with Gasteiger partial charge < -0.3 is 5.11 Å². The van der Waals surface area contributed by atoms with Gasteiger partial charge in [-0.2, -0.15) is 0 Å². The van der Waals surface area contributed by atoms with Gasteiger partial charge in [-0.1, -0.05) is 78.7 Å². The molecular formula is C20H25BrO3. The van der Waals surface area contributed by atoms with Crippen molar-refractivity contribution in [2.75, 3.05) is 5.33 Å². The highest BCUT2D eigenvalue weighted by molar-refractivity contribution is 9.09. The van der Waals surface area contributed by atoms with E-state index in [1.54, 1.807) is 24.3 Å². The molecule has 0 radical (unpaired) electrons. The lowest BCUT2D eigenvalue weighted by Gasteiger charge is -2.17. The molecule has 1 N–H and O–H groups in total. The lowest BCUT2D eigenvalue weighted by Crippen LogP contribution is -2.22. The van der Waals surface area contributed by atoms with Gasteiger partial charge in [0.2, 0.25) is 5.78 Å². The molecule has 3 nitrogen and oxygen atoms in total. The quantitative estimate of drug-likeness (QED) is 0.405. The SMILES string of the molecule is O=C1C(O)=C(CCCCCCCCCCBr)C(=O)c2ccccc21. The Morgan fingerprint density at radius 2 is 1.25 bits per heavy atom. The smallest absolute Gasteiger partial charge is 0.228 e. The van der Waals surface area contributed by atoms with Gasteiger partial charge in [0.25, 0.3) is 0 Å². The van der Waals surface area contributed by atoms with E-state index in [9.17, 15) is 14.7 Å². The average molecular weight is 393 g/mol. The zero-order valence-corrected chi connectivity index (χ0v) is 15.6. The first-order chi connectivity index (χ1) is 11.7. The lowest BCUT2D eigenvalue weighted by atomic mass is 9.86. The number of aliphatic hydroxyl groups excluding tert-OH is 1. The Balaban J connectivity index is 1.78. The van der Waals surface area contributed by atoms with Crippen molar-refractivity contribution in [2.24, 2.45) is 0 Å². The second-order valence-corrected chi connectivity index (χ2v) is 7.09. The molecule has 0 aromatic heterocycles. The Bertz CT molecular complexity index is 619. The first-order valence-corrected chi connectivity index (χ1v) is 9.95. The van der Waals surface area contributed by atoms with E-state index in [1.807, 2.05) is 0 Å². The van der Waals surface area contributed by atoms with Crippen LogP contribution in [0.25, 0.3) is 0 Å². The maximum atomic E-state index is 12.5. The number of ketones is 2. The molecule has 1 aromatic rings. The van der Waals surface area contributed by atoms with Gasteiger partial charge in [-0.25, -0.2) is 0 Å². The number of fused-ring (bicyclic) bond motifs is 1. The predicted octanol–water partition coefficient (Wildman–Crippen LogP) is 5.78. The molecule has 4 heteroatoms. The number of Topliss-reactive ketones (excluding diaryl/α,β-unsaturated/α-hetero) is 2. The zero-order chi connectivity index (χ0) is 17.4. The van der Waals surface area contributed by atoms with Crippen molar-refractivity contribution in [3.05, 3.63) is 46.7 Å². The third-order valence-electron chi connectivity index (χ3n) is 4.50. The second-order valence-electron chi connectivity index (χ2n) is 6.30. The van der Waals surface area contributed by atoms with Crippen LogP contribution < -0.4 is 0 Å². The van der Waals surface area contributed by atoms with Crippen molar-refractivity contribution in [3.8, 4) is 0 Å². The number of unbranched alkanes of at least 4 members (excludes halogenated alkanes) is 7. The molecule has 0 heterocycles. The molecule has 0 fully saturated rings. The summed E-state index contributed by atoms with van der Waals surface area (Å²) in [5.74, 6) is -0.974. The highest BCUT2D eigenvalue weighted by Gasteiger charge is 2.31. The summed E-state index contributed by atoms with van der Waals surface area (Å²) in [7, 11) is 0. The molecule has 1 aliphatic rings. The summed E-state index contributed by atoms with van der Waals surface area (Å²) in [5, 5.41) is 11.2. The van der Waals surface area contributed by atoms with E-state index >= 15 is 0 Å². The van der Waals surface area contributed by atoms with Crippen LogP contribution in [0.5, 0.6) is 0 Å². The highest BCUT2D eigenvalue weighted by atomic mass is 79.9. The van der Waals surface area contributed by atoms with Gasteiger partial charge in [-0.15, -0.1) is 0 Å². The maximum absolute atomic E-state index is 12.5. The topological polar surface area (TPSA) is 54.4 Å². The van der Waals surface area contributed by atoms with Gasteiger partial charge in [-0.05, 0) is 19.3 Å². The van der Waals surface area contributed by atoms with Gasteiger partial charge in [0.15, 0.2) is 11.5 Å². The zero-order valence-electron chi connectivity index (χ0n) is 14.0. The van der Waals surface area contributed by atoms with Gasteiger partial charge in [0.05, 0.1) is 0 Å². The summed E-state index contributed by atoms with van der Waals surface area (Å²) >= 11 is 3.44. The molecule has 2 rings (SSSR count). The lowest BCUT2D eigenvalue weighted by molar-refractivity contribution is 0.0926. The van der Waals surface area contributed by atoms with Crippen LogP contribution in [0.1, 0.15) is 78.5 Å². The molecule has 0 bridgehead atoms. The second kappa shape index (κ2) is 9.77. The standard InChI is InChI=1S/C20H25BrO3/c21-14-10-6-4-2-1-3-5-7-13-17-18(22)15-11-8-9-12-16(15)19(23)20(17)24/h8-9,11-12,24H,1-7,10,13-14H2. The summed E-state index contributed by atoms with van der Waals surface area (Å²) in [6.45, 7) is 0. The molecule has 1 aliphatic carbocycles. The molecule has 0 saturated heterocycles. The van der Waals surface area contributed by atoms with Crippen LogP contribution in [-0.2, 0) is 0 Å². The van der Waals surface area contributed by atoms with Crippen LogP contribution in [0, 0.1) is 0 Å². The molecule has 130 valence electrons. The molecule has 0 spiro atoms. The summed E-state index contributed by atoms with van der Waals surface area (Å²) in [4.78, 5) is 24.6. The number of hydrogen-bond acceptors (Lipinski definition) is 3. The minimum Gasteiger partial charge on any atom is -0.504 e. The fourth-order valence-corrected chi connectivity index (χ4v) is 3.50. The van der Waals surface area contributed by atoms with E-state index < -0.39 is 5.78 Å².